The maximum atomic E-state index is 12.9. The Morgan fingerprint density at radius 1 is 1.27 bits per heavy atom. The van der Waals surface area contributed by atoms with Crippen molar-refractivity contribution in [3.63, 3.8) is 0 Å². The molecule has 0 aliphatic carbocycles. The SMILES string of the molecule is CCCCCC(=O)NC1CCCCN1S(=O)(=O)c1ccc([N+](=O)[O-])cc1. The van der Waals surface area contributed by atoms with Crippen LogP contribution < -0.4 is 5.32 Å². The first-order chi connectivity index (χ1) is 12.4. The van der Waals surface area contributed by atoms with Gasteiger partial charge in [-0.1, -0.05) is 19.8 Å². The van der Waals surface area contributed by atoms with E-state index in [1.807, 2.05) is 0 Å². The molecule has 1 aromatic carbocycles. The Balaban J connectivity index is 2.13. The lowest BCUT2D eigenvalue weighted by atomic mass is 10.1. The van der Waals surface area contributed by atoms with Gasteiger partial charge in [0.2, 0.25) is 15.9 Å². The molecule has 0 aromatic heterocycles. The van der Waals surface area contributed by atoms with Gasteiger partial charge >= 0.3 is 0 Å². The molecule has 1 amide bonds. The molecule has 0 spiro atoms. The van der Waals surface area contributed by atoms with Crippen LogP contribution in [0.1, 0.15) is 51.9 Å². The average molecular weight is 383 g/mol. The van der Waals surface area contributed by atoms with E-state index in [0.29, 0.717) is 25.8 Å². The number of sulfonamides is 1. The van der Waals surface area contributed by atoms with Crippen molar-refractivity contribution in [1.82, 2.24) is 9.62 Å². The summed E-state index contributed by atoms with van der Waals surface area (Å²) in [6.07, 6.45) is 4.69. The van der Waals surface area contributed by atoms with Crippen LogP contribution in [0.3, 0.4) is 0 Å². The molecule has 1 aliphatic rings. The average Bonchev–Trinajstić information content (AvgIpc) is 2.62. The molecular weight excluding hydrogens is 358 g/mol. The number of benzene rings is 1. The lowest BCUT2D eigenvalue weighted by molar-refractivity contribution is -0.384. The zero-order valence-corrected chi connectivity index (χ0v) is 15.7. The van der Waals surface area contributed by atoms with Gasteiger partial charge in [0.25, 0.3) is 5.69 Å². The Morgan fingerprint density at radius 2 is 1.96 bits per heavy atom. The first kappa shape index (κ1) is 20.3. The predicted octanol–water partition coefficient (Wildman–Crippen LogP) is 2.79. The number of carbonyl (C=O) groups is 1. The number of carbonyl (C=O) groups excluding carboxylic acids is 1. The number of hydrogen-bond donors (Lipinski definition) is 1. The van der Waals surface area contributed by atoms with Crippen LogP contribution in [0.2, 0.25) is 0 Å². The molecule has 1 aromatic rings. The molecule has 144 valence electrons. The Hall–Kier alpha value is -2.00. The smallest absolute Gasteiger partial charge is 0.269 e. The molecule has 1 fully saturated rings. The van der Waals surface area contributed by atoms with Crippen LogP contribution in [-0.4, -0.2) is 36.3 Å². The van der Waals surface area contributed by atoms with E-state index in [1.165, 1.54) is 28.6 Å². The van der Waals surface area contributed by atoms with Crippen LogP contribution in [0, 0.1) is 10.1 Å². The third-order valence-electron chi connectivity index (χ3n) is 4.44. The minimum Gasteiger partial charge on any atom is -0.340 e. The Bertz CT molecular complexity index is 733. The van der Waals surface area contributed by atoms with Crippen LogP contribution in [0.25, 0.3) is 0 Å². The van der Waals surface area contributed by atoms with E-state index in [0.717, 1.165) is 25.7 Å². The standard InChI is InChI=1S/C17H25N3O5S/c1-2-3-4-8-17(21)18-16-7-5-6-13-19(16)26(24,25)15-11-9-14(10-12-15)20(22)23/h9-12,16H,2-8,13H2,1H3,(H,18,21). The largest absolute Gasteiger partial charge is 0.340 e. The Kier molecular flexibility index (Phi) is 7.10. The predicted molar refractivity (Wildman–Crippen MR) is 96.9 cm³/mol. The zero-order valence-electron chi connectivity index (χ0n) is 14.9. The number of nitrogens with one attached hydrogen (secondary N) is 1. The third-order valence-corrected chi connectivity index (χ3v) is 6.37. The number of amides is 1. The molecule has 1 aliphatic heterocycles. The maximum absolute atomic E-state index is 12.9. The second kappa shape index (κ2) is 9.09. The number of nitrogens with zero attached hydrogens (tertiary/aromatic N) is 2. The number of unbranched alkanes of at least 4 members (excludes halogenated alkanes) is 2. The number of nitro benzene ring substituents is 1. The highest BCUT2D eigenvalue weighted by molar-refractivity contribution is 7.89. The van der Waals surface area contributed by atoms with Crippen LogP contribution >= 0.6 is 0 Å². The first-order valence-electron chi connectivity index (χ1n) is 8.92. The molecule has 2 rings (SSSR count). The van der Waals surface area contributed by atoms with Gasteiger partial charge in [-0.3, -0.25) is 14.9 Å². The van der Waals surface area contributed by atoms with E-state index >= 15 is 0 Å². The number of non-ortho nitro benzene ring substituents is 1. The molecule has 8 nitrogen and oxygen atoms in total. The summed E-state index contributed by atoms with van der Waals surface area (Å²) in [4.78, 5) is 22.3. The van der Waals surface area contributed by atoms with Crippen molar-refractivity contribution in [2.45, 2.75) is 62.9 Å². The van der Waals surface area contributed by atoms with Gasteiger partial charge in [0.1, 0.15) is 0 Å². The minimum atomic E-state index is -3.83. The number of piperidine rings is 1. The van der Waals surface area contributed by atoms with Gasteiger partial charge < -0.3 is 5.32 Å². The molecule has 26 heavy (non-hydrogen) atoms. The molecule has 1 N–H and O–H groups in total. The highest BCUT2D eigenvalue weighted by Crippen LogP contribution is 2.25. The Morgan fingerprint density at radius 3 is 2.58 bits per heavy atom. The number of hydrogen-bond acceptors (Lipinski definition) is 5. The highest BCUT2D eigenvalue weighted by atomic mass is 32.2. The van der Waals surface area contributed by atoms with E-state index < -0.39 is 21.1 Å². The summed E-state index contributed by atoms with van der Waals surface area (Å²) in [6.45, 7) is 2.37. The summed E-state index contributed by atoms with van der Waals surface area (Å²) in [7, 11) is -3.83. The first-order valence-corrected chi connectivity index (χ1v) is 10.4. The molecule has 1 heterocycles. The topological polar surface area (TPSA) is 110 Å². The van der Waals surface area contributed by atoms with E-state index in [1.54, 1.807) is 0 Å². The summed E-state index contributed by atoms with van der Waals surface area (Å²) in [5.74, 6) is -0.144. The van der Waals surface area contributed by atoms with Crippen molar-refractivity contribution in [2.75, 3.05) is 6.54 Å². The highest BCUT2D eigenvalue weighted by Gasteiger charge is 2.34. The van der Waals surface area contributed by atoms with Crippen molar-refractivity contribution in [3.8, 4) is 0 Å². The second-order valence-electron chi connectivity index (χ2n) is 6.40. The Labute approximate surface area is 153 Å². The fourth-order valence-corrected chi connectivity index (χ4v) is 4.62. The summed E-state index contributed by atoms with van der Waals surface area (Å²) in [5, 5.41) is 13.6. The van der Waals surface area contributed by atoms with E-state index in [2.05, 4.69) is 12.2 Å². The fraction of sp³-hybridized carbons (Fsp3) is 0.588. The van der Waals surface area contributed by atoms with E-state index in [9.17, 15) is 23.3 Å². The van der Waals surface area contributed by atoms with Gasteiger partial charge in [-0.25, -0.2) is 8.42 Å². The quantitative estimate of drug-likeness (QED) is 0.422. The third kappa shape index (κ3) is 5.01. The monoisotopic (exact) mass is 383 g/mol. The van der Waals surface area contributed by atoms with Crippen molar-refractivity contribution < 1.29 is 18.1 Å². The van der Waals surface area contributed by atoms with Crippen molar-refractivity contribution in [2.24, 2.45) is 0 Å². The van der Waals surface area contributed by atoms with Crippen molar-refractivity contribution in [3.05, 3.63) is 34.4 Å². The van der Waals surface area contributed by atoms with Gasteiger partial charge in [-0.05, 0) is 37.8 Å². The molecule has 1 saturated heterocycles. The fourth-order valence-electron chi connectivity index (χ4n) is 3.01. The lowest BCUT2D eigenvalue weighted by Gasteiger charge is -2.35. The van der Waals surface area contributed by atoms with E-state index in [4.69, 9.17) is 0 Å². The van der Waals surface area contributed by atoms with Crippen LogP contribution in [0.15, 0.2) is 29.2 Å². The van der Waals surface area contributed by atoms with Crippen LogP contribution in [-0.2, 0) is 14.8 Å². The number of rotatable bonds is 8. The van der Waals surface area contributed by atoms with Gasteiger partial charge in [0.05, 0.1) is 16.0 Å². The van der Waals surface area contributed by atoms with Gasteiger partial charge in [0, 0.05) is 25.1 Å². The van der Waals surface area contributed by atoms with Gasteiger partial charge in [0.15, 0.2) is 0 Å². The molecule has 0 radical (unpaired) electrons. The van der Waals surface area contributed by atoms with Crippen molar-refractivity contribution in [1.29, 1.82) is 0 Å². The van der Waals surface area contributed by atoms with Crippen molar-refractivity contribution >= 4 is 21.6 Å². The lowest BCUT2D eigenvalue weighted by Crippen LogP contribution is -2.52. The number of nitro groups is 1. The molecule has 0 saturated carbocycles. The minimum absolute atomic E-state index is 0.00441. The molecule has 0 bridgehead atoms. The van der Waals surface area contributed by atoms with E-state index in [-0.39, 0.29) is 16.5 Å². The summed E-state index contributed by atoms with van der Waals surface area (Å²) >= 11 is 0. The maximum Gasteiger partial charge on any atom is 0.269 e. The molecule has 9 heteroatoms. The molecule has 1 unspecified atom stereocenters. The summed E-state index contributed by atoms with van der Waals surface area (Å²) in [5.41, 5.74) is -0.164. The second-order valence-corrected chi connectivity index (χ2v) is 8.29. The van der Waals surface area contributed by atoms with Gasteiger partial charge in [-0.15, -0.1) is 0 Å². The molecule has 1 atom stereocenters. The molecular formula is C17H25N3O5S. The summed E-state index contributed by atoms with van der Waals surface area (Å²) < 4.78 is 27.2. The normalized spacial score (nSPS) is 18.4. The van der Waals surface area contributed by atoms with Crippen LogP contribution in [0.5, 0.6) is 0 Å². The summed E-state index contributed by atoms with van der Waals surface area (Å²) in [6, 6.07) is 4.83. The van der Waals surface area contributed by atoms with Crippen LogP contribution in [0.4, 0.5) is 5.69 Å². The zero-order chi connectivity index (χ0) is 19.2. The van der Waals surface area contributed by atoms with Gasteiger partial charge in [-0.2, -0.15) is 4.31 Å².